The van der Waals surface area contributed by atoms with Gasteiger partial charge in [0.2, 0.25) is 0 Å². The summed E-state index contributed by atoms with van der Waals surface area (Å²) in [5.74, 6) is 0.267. The average Bonchev–Trinajstić information content (AvgIpc) is 3.67. The number of nitrogens with zero attached hydrogens (tertiary/aromatic N) is 5. The Morgan fingerprint density at radius 2 is 1.74 bits per heavy atom. The monoisotopic (exact) mass is 472 g/mol. The van der Waals surface area contributed by atoms with Crippen molar-refractivity contribution in [1.29, 1.82) is 0 Å². The Morgan fingerprint density at radius 3 is 2.40 bits per heavy atom. The number of amides is 3. The van der Waals surface area contributed by atoms with Crippen LogP contribution in [0.25, 0.3) is 22.5 Å². The number of furan rings is 1. The van der Waals surface area contributed by atoms with Gasteiger partial charge in [-0.05, 0) is 31.0 Å². The van der Waals surface area contributed by atoms with Gasteiger partial charge in [-0.2, -0.15) is 10.2 Å². The smallest absolute Gasteiger partial charge is 0.320 e. The third-order valence-corrected chi connectivity index (χ3v) is 6.61. The van der Waals surface area contributed by atoms with Crippen LogP contribution in [-0.4, -0.2) is 73.3 Å². The third kappa shape index (κ3) is 3.74. The molecule has 11 heteroatoms. The predicted molar refractivity (Wildman–Crippen MR) is 125 cm³/mol. The standard InChI is InChI=1S/C24H24N8O3/c33-22(21-18(16-10-26-27-11-16)9-19(35-21)17-12-28-29-13-17)30-24(20-5-1-2-6-25-20)14-32(15-24)23(34)31-7-3-4-8-31/h1-2,5-6,9-13H,3-4,7-8,14-15H2,(H,26,27)(H,28,29)(H,30,33). The molecule has 6 heterocycles. The molecule has 2 aliphatic rings. The van der Waals surface area contributed by atoms with Crippen LogP contribution in [0, 0.1) is 0 Å². The van der Waals surface area contributed by atoms with Crippen molar-refractivity contribution in [2.45, 2.75) is 18.4 Å². The van der Waals surface area contributed by atoms with Gasteiger partial charge in [0, 0.05) is 42.8 Å². The molecule has 4 aromatic rings. The highest BCUT2D eigenvalue weighted by atomic mass is 16.4. The lowest BCUT2D eigenvalue weighted by Crippen LogP contribution is -2.70. The number of rotatable bonds is 5. The van der Waals surface area contributed by atoms with Gasteiger partial charge in [0.1, 0.15) is 11.3 Å². The van der Waals surface area contributed by atoms with Crippen LogP contribution in [0.5, 0.6) is 0 Å². The van der Waals surface area contributed by atoms with E-state index in [0.29, 0.717) is 30.1 Å². The Bertz CT molecular complexity index is 1320. The van der Waals surface area contributed by atoms with Gasteiger partial charge in [-0.3, -0.25) is 20.0 Å². The number of H-pyrrole nitrogens is 2. The van der Waals surface area contributed by atoms with Crippen molar-refractivity contribution in [3.05, 3.63) is 66.7 Å². The number of urea groups is 1. The van der Waals surface area contributed by atoms with E-state index in [1.807, 2.05) is 23.1 Å². The molecule has 2 aliphatic heterocycles. The molecule has 0 atom stereocenters. The highest BCUT2D eigenvalue weighted by molar-refractivity contribution is 6.00. The summed E-state index contributed by atoms with van der Waals surface area (Å²) in [6.07, 6.45) is 10.4. The first-order valence-corrected chi connectivity index (χ1v) is 11.5. The summed E-state index contributed by atoms with van der Waals surface area (Å²) in [6, 6.07) is 7.37. The zero-order valence-electron chi connectivity index (χ0n) is 18.9. The van der Waals surface area contributed by atoms with Gasteiger partial charge in [0.25, 0.3) is 5.91 Å². The van der Waals surface area contributed by atoms with Crippen molar-refractivity contribution in [1.82, 2.24) is 40.5 Å². The van der Waals surface area contributed by atoms with Crippen molar-refractivity contribution in [2.75, 3.05) is 26.2 Å². The lowest BCUT2D eigenvalue weighted by atomic mass is 9.85. The summed E-state index contributed by atoms with van der Waals surface area (Å²) in [5, 5.41) is 16.7. The molecule has 4 aromatic heterocycles. The topological polar surface area (TPSA) is 136 Å². The fourth-order valence-corrected chi connectivity index (χ4v) is 4.77. The van der Waals surface area contributed by atoms with Crippen LogP contribution < -0.4 is 5.32 Å². The largest absolute Gasteiger partial charge is 0.450 e. The Morgan fingerprint density at radius 1 is 1.00 bits per heavy atom. The summed E-state index contributed by atoms with van der Waals surface area (Å²) in [5.41, 5.74) is 1.93. The second kappa shape index (κ2) is 8.42. The molecule has 3 amide bonds. The van der Waals surface area contributed by atoms with Crippen molar-refractivity contribution in [3.63, 3.8) is 0 Å². The highest BCUT2D eigenvalue weighted by Gasteiger charge is 2.50. The maximum absolute atomic E-state index is 13.7. The van der Waals surface area contributed by atoms with Gasteiger partial charge in [0.05, 0.1) is 36.7 Å². The van der Waals surface area contributed by atoms with Crippen molar-refractivity contribution in [2.24, 2.45) is 0 Å². The normalized spacial score (nSPS) is 16.8. The van der Waals surface area contributed by atoms with E-state index in [2.05, 4.69) is 30.7 Å². The van der Waals surface area contributed by atoms with Crippen LogP contribution in [0.3, 0.4) is 0 Å². The molecule has 0 unspecified atom stereocenters. The fourth-order valence-electron chi connectivity index (χ4n) is 4.77. The lowest BCUT2D eigenvalue weighted by molar-refractivity contribution is 0.0412. The number of pyridine rings is 1. The van der Waals surface area contributed by atoms with E-state index in [1.165, 1.54) is 0 Å². The molecule has 35 heavy (non-hydrogen) atoms. The Kier molecular flexibility index (Phi) is 5.09. The van der Waals surface area contributed by atoms with Crippen molar-refractivity contribution in [3.8, 4) is 22.5 Å². The van der Waals surface area contributed by atoms with E-state index in [9.17, 15) is 9.59 Å². The Labute approximate surface area is 200 Å². The number of carbonyl (C=O) groups is 2. The second-order valence-corrected chi connectivity index (χ2v) is 8.91. The number of aromatic amines is 2. The van der Waals surface area contributed by atoms with E-state index >= 15 is 0 Å². The van der Waals surface area contributed by atoms with Crippen LogP contribution in [0.1, 0.15) is 29.1 Å². The minimum atomic E-state index is -0.815. The molecule has 0 aromatic carbocycles. The number of likely N-dealkylation sites (tertiary alicyclic amines) is 2. The lowest BCUT2D eigenvalue weighted by Gasteiger charge is -2.50. The summed E-state index contributed by atoms with van der Waals surface area (Å²) < 4.78 is 6.03. The maximum atomic E-state index is 13.7. The van der Waals surface area contributed by atoms with Crippen LogP contribution >= 0.6 is 0 Å². The summed E-state index contributed by atoms with van der Waals surface area (Å²) in [7, 11) is 0. The summed E-state index contributed by atoms with van der Waals surface area (Å²) in [4.78, 5) is 34.7. The van der Waals surface area contributed by atoms with E-state index in [0.717, 1.165) is 37.1 Å². The number of nitrogens with one attached hydrogen (secondary N) is 3. The van der Waals surface area contributed by atoms with Crippen LogP contribution in [0.4, 0.5) is 4.79 Å². The maximum Gasteiger partial charge on any atom is 0.320 e. The first kappa shape index (κ1) is 21.1. The van der Waals surface area contributed by atoms with Crippen molar-refractivity contribution < 1.29 is 14.0 Å². The zero-order chi connectivity index (χ0) is 23.8. The van der Waals surface area contributed by atoms with Crippen LogP contribution in [0.15, 0.2) is 59.7 Å². The van der Waals surface area contributed by atoms with E-state index in [4.69, 9.17) is 4.42 Å². The van der Waals surface area contributed by atoms with E-state index in [-0.39, 0.29) is 11.8 Å². The number of hydrogen-bond acceptors (Lipinski definition) is 6. The minimum Gasteiger partial charge on any atom is -0.450 e. The highest BCUT2D eigenvalue weighted by Crippen LogP contribution is 2.35. The number of hydrogen-bond donors (Lipinski definition) is 3. The first-order valence-electron chi connectivity index (χ1n) is 11.5. The third-order valence-electron chi connectivity index (χ3n) is 6.61. The SMILES string of the molecule is O=C(NC1(c2ccccn2)CN(C(=O)N2CCCC2)C1)c1oc(-c2cn[nH]c2)cc1-c1cn[nH]c1. The molecule has 2 fully saturated rings. The predicted octanol–water partition coefficient (Wildman–Crippen LogP) is 2.61. The average molecular weight is 473 g/mol. The van der Waals surface area contributed by atoms with Crippen molar-refractivity contribution >= 4 is 11.9 Å². The molecule has 0 aliphatic carbocycles. The minimum absolute atomic E-state index is 0.00244. The molecule has 0 saturated carbocycles. The first-order chi connectivity index (χ1) is 17.1. The molecule has 0 radical (unpaired) electrons. The Balaban J connectivity index is 1.31. The summed E-state index contributed by atoms with van der Waals surface area (Å²) in [6.45, 7) is 2.22. The summed E-state index contributed by atoms with van der Waals surface area (Å²) >= 11 is 0. The van der Waals surface area contributed by atoms with Gasteiger partial charge in [-0.15, -0.1) is 0 Å². The molecule has 6 rings (SSSR count). The molecular weight excluding hydrogens is 448 g/mol. The quantitative estimate of drug-likeness (QED) is 0.409. The van der Waals surface area contributed by atoms with Gasteiger partial charge in [-0.25, -0.2) is 4.79 Å². The second-order valence-electron chi connectivity index (χ2n) is 8.91. The molecule has 0 bridgehead atoms. The van der Waals surface area contributed by atoms with Gasteiger partial charge in [0.15, 0.2) is 5.76 Å². The molecule has 11 nitrogen and oxygen atoms in total. The van der Waals surface area contributed by atoms with Gasteiger partial charge < -0.3 is 19.5 Å². The molecule has 178 valence electrons. The molecular formula is C24H24N8O3. The van der Waals surface area contributed by atoms with Crippen LogP contribution in [0.2, 0.25) is 0 Å². The van der Waals surface area contributed by atoms with Crippen LogP contribution in [-0.2, 0) is 5.54 Å². The molecule has 0 spiro atoms. The number of carbonyl (C=O) groups excluding carboxylic acids is 2. The zero-order valence-corrected chi connectivity index (χ0v) is 18.9. The van der Waals surface area contributed by atoms with E-state index < -0.39 is 11.4 Å². The fraction of sp³-hybridized carbons (Fsp3) is 0.292. The molecule has 3 N–H and O–H groups in total. The van der Waals surface area contributed by atoms with Gasteiger partial charge in [-0.1, -0.05) is 6.07 Å². The Hall–Kier alpha value is -4.41. The number of aromatic nitrogens is 5. The van der Waals surface area contributed by atoms with E-state index in [1.54, 1.807) is 42.0 Å². The van der Waals surface area contributed by atoms with Gasteiger partial charge >= 0.3 is 6.03 Å². The molecule has 2 saturated heterocycles.